The summed E-state index contributed by atoms with van der Waals surface area (Å²) in [4.78, 5) is 2.23. The van der Waals surface area contributed by atoms with Crippen LogP contribution in [-0.4, -0.2) is 42.3 Å². The molecule has 0 amide bonds. The van der Waals surface area contributed by atoms with Crippen molar-refractivity contribution in [1.82, 2.24) is 20.4 Å². The first-order valence-corrected chi connectivity index (χ1v) is 7.82. The lowest BCUT2D eigenvalue weighted by atomic mass is 9.93. The van der Waals surface area contributed by atoms with Crippen molar-refractivity contribution in [3.8, 4) is 11.3 Å². The van der Waals surface area contributed by atoms with Gasteiger partial charge in [0.15, 0.2) is 0 Å². The van der Waals surface area contributed by atoms with Crippen LogP contribution >= 0.6 is 0 Å². The first-order valence-electron chi connectivity index (χ1n) is 7.82. The van der Waals surface area contributed by atoms with Crippen LogP contribution in [-0.2, 0) is 6.54 Å². The Balaban J connectivity index is 1.99. The fraction of sp³-hybridized carbons (Fsp3) is 0.500. The van der Waals surface area contributed by atoms with Gasteiger partial charge in [0.25, 0.3) is 0 Å². The van der Waals surface area contributed by atoms with Gasteiger partial charge < -0.3 is 10.2 Å². The third kappa shape index (κ3) is 4.68. The van der Waals surface area contributed by atoms with Gasteiger partial charge in [-0.3, -0.25) is 5.10 Å². The van der Waals surface area contributed by atoms with Crippen LogP contribution in [0.3, 0.4) is 0 Å². The van der Waals surface area contributed by atoms with Gasteiger partial charge in [-0.05, 0) is 32.5 Å². The van der Waals surface area contributed by atoms with E-state index in [2.05, 4.69) is 79.5 Å². The molecular formula is C18H28N4. The Kier molecular flexibility index (Phi) is 5.37. The molecule has 0 aliphatic carbocycles. The number of nitrogens with zero attached hydrogens (tertiary/aromatic N) is 2. The lowest BCUT2D eigenvalue weighted by molar-refractivity contribution is 0.232. The molecule has 1 aromatic heterocycles. The van der Waals surface area contributed by atoms with E-state index in [9.17, 15) is 0 Å². The molecule has 22 heavy (non-hydrogen) atoms. The van der Waals surface area contributed by atoms with Gasteiger partial charge >= 0.3 is 0 Å². The summed E-state index contributed by atoms with van der Waals surface area (Å²) >= 11 is 0. The van der Waals surface area contributed by atoms with Gasteiger partial charge in [0.1, 0.15) is 0 Å². The maximum atomic E-state index is 4.22. The number of hydrogen-bond donors (Lipinski definition) is 2. The number of H-pyrrole nitrogens is 1. The highest BCUT2D eigenvalue weighted by atomic mass is 15.1. The molecule has 1 heterocycles. The number of aromatic amines is 1. The molecule has 4 heteroatoms. The van der Waals surface area contributed by atoms with Crippen molar-refractivity contribution in [3.63, 3.8) is 0 Å². The van der Waals surface area contributed by atoms with Crippen LogP contribution in [0.5, 0.6) is 0 Å². The smallest absolute Gasteiger partial charge is 0.0695 e. The van der Waals surface area contributed by atoms with Crippen LogP contribution in [0.25, 0.3) is 11.3 Å². The molecule has 0 aliphatic rings. The third-order valence-corrected chi connectivity index (χ3v) is 3.69. The topological polar surface area (TPSA) is 44.0 Å². The van der Waals surface area contributed by atoms with E-state index in [-0.39, 0.29) is 5.41 Å². The zero-order valence-corrected chi connectivity index (χ0v) is 14.4. The lowest BCUT2D eigenvalue weighted by Gasteiger charge is -2.28. The zero-order chi connectivity index (χ0) is 16.2. The van der Waals surface area contributed by atoms with Gasteiger partial charge in [-0.15, -0.1) is 0 Å². The molecular weight excluding hydrogens is 272 g/mol. The Bertz CT molecular complexity index is 599. The molecule has 120 valence electrons. The lowest BCUT2D eigenvalue weighted by Crippen LogP contribution is -2.37. The van der Waals surface area contributed by atoms with Crippen LogP contribution in [0, 0.1) is 12.3 Å². The molecule has 0 spiro atoms. The number of rotatable bonds is 7. The average Bonchev–Trinajstić information content (AvgIpc) is 2.85. The number of nitrogens with one attached hydrogen (secondary N) is 2. The van der Waals surface area contributed by atoms with Crippen molar-refractivity contribution in [2.75, 3.05) is 27.2 Å². The van der Waals surface area contributed by atoms with Gasteiger partial charge in [0.2, 0.25) is 0 Å². The predicted octanol–water partition coefficient (Wildman–Crippen LogP) is 3.06. The minimum absolute atomic E-state index is 0.247. The maximum absolute atomic E-state index is 4.22. The molecule has 0 radical (unpaired) electrons. The van der Waals surface area contributed by atoms with Crippen LogP contribution < -0.4 is 5.32 Å². The first kappa shape index (κ1) is 16.7. The van der Waals surface area contributed by atoms with E-state index in [1.54, 1.807) is 0 Å². The number of hydrogen-bond acceptors (Lipinski definition) is 3. The monoisotopic (exact) mass is 300 g/mol. The summed E-state index contributed by atoms with van der Waals surface area (Å²) in [6.07, 6.45) is 1.92. The molecule has 0 unspecified atom stereocenters. The number of aromatic nitrogens is 2. The minimum Gasteiger partial charge on any atom is -0.312 e. The standard InChI is InChI=1S/C18H28N4/c1-14-7-6-8-15(9-14)17-16(11-20-21-17)10-19-12-18(2,3)13-22(4)5/h6-9,11,19H,10,12-13H2,1-5H3,(H,20,21). The van der Waals surface area contributed by atoms with Crippen molar-refractivity contribution in [2.24, 2.45) is 5.41 Å². The van der Waals surface area contributed by atoms with Crippen LogP contribution in [0.15, 0.2) is 30.5 Å². The summed E-state index contributed by atoms with van der Waals surface area (Å²) < 4.78 is 0. The molecule has 0 saturated heterocycles. The molecule has 0 bridgehead atoms. The van der Waals surface area contributed by atoms with Gasteiger partial charge in [0.05, 0.1) is 11.9 Å². The molecule has 0 fully saturated rings. The van der Waals surface area contributed by atoms with E-state index in [4.69, 9.17) is 0 Å². The molecule has 2 aromatic rings. The summed E-state index contributed by atoms with van der Waals surface area (Å²) in [5.41, 5.74) is 5.03. The Morgan fingerprint density at radius 3 is 2.73 bits per heavy atom. The SMILES string of the molecule is Cc1cccc(-c2[nH]ncc2CNCC(C)(C)CN(C)C)c1. The molecule has 1 aromatic carbocycles. The molecule has 4 nitrogen and oxygen atoms in total. The summed E-state index contributed by atoms with van der Waals surface area (Å²) in [5.74, 6) is 0. The van der Waals surface area contributed by atoms with Crippen molar-refractivity contribution in [3.05, 3.63) is 41.6 Å². The second-order valence-electron chi connectivity index (χ2n) is 7.15. The Labute approximate surface area is 133 Å². The highest BCUT2D eigenvalue weighted by Crippen LogP contribution is 2.22. The normalized spacial score (nSPS) is 12.1. The average molecular weight is 300 g/mol. The maximum Gasteiger partial charge on any atom is 0.0695 e. The Hall–Kier alpha value is -1.65. The van der Waals surface area contributed by atoms with Crippen molar-refractivity contribution < 1.29 is 0 Å². The minimum atomic E-state index is 0.247. The van der Waals surface area contributed by atoms with E-state index >= 15 is 0 Å². The van der Waals surface area contributed by atoms with Crippen LogP contribution in [0.1, 0.15) is 25.0 Å². The number of benzene rings is 1. The second-order valence-corrected chi connectivity index (χ2v) is 7.15. The van der Waals surface area contributed by atoms with Gasteiger partial charge in [-0.25, -0.2) is 0 Å². The molecule has 0 aliphatic heterocycles. The summed E-state index contributed by atoms with van der Waals surface area (Å²) in [6, 6.07) is 8.51. The first-order chi connectivity index (χ1) is 10.4. The van der Waals surface area contributed by atoms with Crippen molar-refractivity contribution in [1.29, 1.82) is 0 Å². The van der Waals surface area contributed by atoms with Crippen molar-refractivity contribution in [2.45, 2.75) is 27.3 Å². The highest BCUT2D eigenvalue weighted by molar-refractivity contribution is 5.63. The molecule has 0 saturated carbocycles. The second kappa shape index (κ2) is 7.07. The quantitative estimate of drug-likeness (QED) is 0.826. The highest BCUT2D eigenvalue weighted by Gasteiger charge is 2.18. The predicted molar refractivity (Wildman–Crippen MR) is 92.8 cm³/mol. The fourth-order valence-corrected chi connectivity index (χ4v) is 2.94. The summed E-state index contributed by atoms with van der Waals surface area (Å²) in [5, 5.41) is 10.9. The molecule has 0 atom stereocenters. The van der Waals surface area contributed by atoms with Crippen LogP contribution in [0.2, 0.25) is 0 Å². The third-order valence-electron chi connectivity index (χ3n) is 3.69. The van der Waals surface area contributed by atoms with E-state index in [1.165, 1.54) is 16.7 Å². The van der Waals surface area contributed by atoms with Gasteiger partial charge in [-0.2, -0.15) is 5.10 Å². The largest absolute Gasteiger partial charge is 0.312 e. The van der Waals surface area contributed by atoms with Gasteiger partial charge in [0, 0.05) is 30.8 Å². The van der Waals surface area contributed by atoms with E-state index in [0.717, 1.165) is 25.3 Å². The Morgan fingerprint density at radius 1 is 1.27 bits per heavy atom. The van der Waals surface area contributed by atoms with Crippen LogP contribution in [0.4, 0.5) is 0 Å². The van der Waals surface area contributed by atoms with E-state index in [1.807, 2.05) is 6.20 Å². The van der Waals surface area contributed by atoms with Crippen molar-refractivity contribution >= 4 is 0 Å². The zero-order valence-electron chi connectivity index (χ0n) is 14.4. The number of aryl methyl sites for hydroxylation is 1. The van der Waals surface area contributed by atoms with E-state index in [0.29, 0.717) is 0 Å². The van der Waals surface area contributed by atoms with Gasteiger partial charge in [-0.1, -0.05) is 37.6 Å². The molecule has 2 rings (SSSR count). The summed E-state index contributed by atoms with van der Waals surface area (Å²) in [6.45, 7) is 9.56. The fourth-order valence-electron chi connectivity index (χ4n) is 2.94. The van der Waals surface area contributed by atoms with E-state index < -0.39 is 0 Å². The summed E-state index contributed by atoms with van der Waals surface area (Å²) in [7, 11) is 4.24. The Morgan fingerprint density at radius 2 is 2.05 bits per heavy atom. The molecule has 2 N–H and O–H groups in total.